The number of fused-ring (bicyclic) bond motifs is 1. The number of pyridine rings is 1. The summed E-state index contributed by atoms with van der Waals surface area (Å²) < 4.78 is 27.7. The monoisotopic (exact) mass is 524 g/mol. The normalized spacial score (nSPS) is 16.9. The number of carbonyl (C=O) groups is 2. The second kappa shape index (κ2) is 10.7. The predicted molar refractivity (Wildman–Crippen MR) is 143 cm³/mol. The molecule has 0 bridgehead atoms. The van der Waals surface area contributed by atoms with Crippen molar-refractivity contribution in [3.63, 3.8) is 0 Å². The summed E-state index contributed by atoms with van der Waals surface area (Å²) in [6.45, 7) is 12.5. The van der Waals surface area contributed by atoms with Gasteiger partial charge in [-0.15, -0.1) is 0 Å². The van der Waals surface area contributed by atoms with Gasteiger partial charge in [-0.1, -0.05) is 19.9 Å². The average Bonchev–Trinajstić information content (AvgIpc) is 3.44. The van der Waals surface area contributed by atoms with Crippen LogP contribution >= 0.6 is 0 Å². The van der Waals surface area contributed by atoms with E-state index in [0.717, 1.165) is 5.56 Å². The molecule has 2 atom stereocenters. The van der Waals surface area contributed by atoms with Crippen LogP contribution in [0, 0.1) is 17.7 Å². The Morgan fingerprint density at radius 1 is 1.24 bits per heavy atom. The highest BCUT2D eigenvalue weighted by Gasteiger charge is 2.40. The molecule has 2 amide bonds. The summed E-state index contributed by atoms with van der Waals surface area (Å²) in [5.74, 6) is -0.251. The Labute approximate surface area is 223 Å². The molecule has 38 heavy (non-hydrogen) atoms. The Hall–Kier alpha value is -3.49. The lowest BCUT2D eigenvalue weighted by Crippen LogP contribution is -2.38. The van der Waals surface area contributed by atoms with E-state index in [1.54, 1.807) is 32.6 Å². The molecule has 2 unspecified atom stereocenters. The van der Waals surface area contributed by atoms with E-state index < -0.39 is 11.7 Å². The number of carbonyl (C=O) groups excluding carboxylic acids is 2. The van der Waals surface area contributed by atoms with E-state index >= 15 is 0 Å². The summed E-state index contributed by atoms with van der Waals surface area (Å²) in [4.78, 5) is 31.6. The first-order chi connectivity index (χ1) is 17.9. The van der Waals surface area contributed by atoms with Crippen LogP contribution < -0.4 is 4.74 Å². The van der Waals surface area contributed by atoms with Crippen molar-refractivity contribution in [2.24, 2.45) is 11.8 Å². The van der Waals surface area contributed by atoms with Gasteiger partial charge in [0.1, 0.15) is 11.4 Å². The number of halogens is 1. The number of likely N-dealkylation sites (tertiary alicyclic amines) is 1. The van der Waals surface area contributed by atoms with Crippen LogP contribution in [0.1, 0.15) is 65.9 Å². The molecular formula is C29H37FN4O4. The minimum atomic E-state index is -0.666. The van der Waals surface area contributed by atoms with Gasteiger partial charge in [0, 0.05) is 30.1 Å². The third-order valence-corrected chi connectivity index (χ3v) is 7.06. The molecule has 0 saturated carbocycles. The van der Waals surface area contributed by atoms with Crippen LogP contribution in [0.2, 0.25) is 0 Å². The van der Waals surface area contributed by atoms with E-state index in [1.165, 1.54) is 17.2 Å². The van der Waals surface area contributed by atoms with Gasteiger partial charge in [0.25, 0.3) is 0 Å². The summed E-state index contributed by atoms with van der Waals surface area (Å²) in [6.07, 6.45) is 2.09. The third kappa shape index (κ3) is 5.51. The molecule has 4 rings (SSSR count). The maximum atomic E-state index is 14.8. The first kappa shape index (κ1) is 27.5. The predicted octanol–water partition coefficient (Wildman–Crippen LogP) is 6.18. The summed E-state index contributed by atoms with van der Waals surface area (Å²) in [5.41, 5.74) is 2.15. The number of ether oxygens (including phenoxy) is 2. The Balaban J connectivity index is 1.60. The zero-order valence-corrected chi connectivity index (χ0v) is 23.2. The first-order valence-corrected chi connectivity index (χ1v) is 13.2. The molecule has 204 valence electrons. The molecule has 1 saturated heterocycles. The molecule has 2 aromatic heterocycles. The van der Waals surface area contributed by atoms with Gasteiger partial charge in [0.15, 0.2) is 0 Å². The molecular weight excluding hydrogens is 487 g/mol. The molecule has 3 aromatic rings. The fourth-order valence-electron chi connectivity index (χ4n) is 5.11. The van der Waals surface area contributed by atoms with E-state index in [0.29, 0.717) is 54.0 Å². The number of nitrogens with zero attached hydrogens (tertiary/aromatic N) is 4. The van der Waals surface area contributed by atoms with Crippen LogP contribution in [0.15, 0.2) is 30.5 Å². The maximum Gasteiger partial charge on any atom is 0.417 e. The van der Waals surface area contributed by atoms with Crippen molar-refractivity contribution in [3.05, 3.63) is 41.8 Å². The number of hydrogen-bond acceptors (Lipinski definition) is 6. The fraction of sp³-hybridized carbons (Fsp3) is 0.517. The highest BCUT2D eigenvalue weighted by Crippen LogP contribution is 2.40. The summed E-state index contributed by atoms with van der Waals surface area (Å²) in [6, 6.07) is 7.17. The first-order valence-electron chi connectivity index (χ1n) is 13.2. The summed E-state index contributed by atoms with van der Waals surface area (Å²) >= 11 is 0. The van der Waals surface area contributed by atoms with Crippen molar-refractivity contribution in [1.82, 2.24) is 19.7 Å². The molecule has 9 heteroatoms. The number of methoxy groups -OCH3 is 1. The minimum absolute atomic E-state index is 0.0280. The van der Waals surface area contributed by atoms with Gasteiger partial charge in [0.2, 0.25) is 11.8 Å². The van der Waals surface area contributed by atoms with E-state index in [4.69, 9.17) is 14.5 Å². The van der Waals surface area contributed by atoms with E-state index in [-0.39, 0.29) is 29.5 Å². The highest BCUT2D eigenvalue weighted by molar-refractivity contribution is 5.95. The Morgan fingerprint density at radius 3 is 2.61 bits per heavy atom. The molecule has 0 spiro atoms. The van der Waals surface area contributed by atoms with Crippen LogP contribution in [-0.4, -0.2) is 50.9 Å². The van der Waals surface area contributed by atoms with Crippen molar-refractivity contribution in [2.75, 3.05) is 13.7 Å². The van der Waals surface area contributed by atoms with Crippen molar-refractivity contribution < 1.29 is 23.5 Å². The van der Waals surface area contributed by atoms with Gasteiger partial charge < -0.3 is 9.47 Å². The lowest BCUT2D eigenvalue weighted by Gasteiger charge is -2.26. The fourth-order valence-corrected chi connectivity index (χ4v) is 5.11. The third-order valence-electron chi connectivity index (χ3n) is 7.06. The van der Waals surface area contributed by atoms with Crippen LogP contribution in [0.5, 0.6) is 5.88 Å². The minimum Gasteiger partial charge on any atom is -0.481 e. The molecule has 0 aliphatic carbocycles. The lowest BCUT2D eigenvalue weighted by molar-refractivity contribution is -0.130. The largest absolute Gasteiger partial charge is 0.481 e. The van der Waals surface area contributed by atoms with Crippen LogP contribution in [0.25, 0.3) is 22.2 Å². The number of amides is 2. The SMILES string of the molecule is CCn1ncc2c(F)cc(-c3ccc(C(CC4CCN(C(=O)OC(C)(C)C)C4=O)C(C)C)c(OC)n3)cc21. The lowest BCUT2D eigenvalue weighted by atomic mass is 9.81. The second-order valence-corrected chi connectivity index (χ2v) is 11.2. The van der Waals surface area contributed by atoms with Gasteiger partial charge in [0.05, 0.1) is 29.9 Å². The van der Waals surface area contributed by atoms with Crippen molar-refractivity contribution >= 4 is 22.9 Å². The van der Waals surface area contributed by atoms with Crippen LogP contribution in [0.3, 0.4) is 0 Å². The zero-order chi connectivity index (χ0) is 27.8. The van der Waals surface area contributed by atoms with Crippen LogP contribution in [0.4, 0.5) is 9.18 Å². The number of imide groups is 1. The molecule has 1 aromatic carbocycles. The van der Waals surface area contributed by atoms with Gasteiger partial charge in [-0.25, -0.2) is 19.1 Å². The standard InChI is InChI=1S/C29H37FN4O4/c1-8-34-25-15-19(14-23(30)22(25)16-31-34)24-10-9-20(26(32-24)37-7)21(17(2)3)13-18-11-12-33(27(18)35)28(36)38-29(4,5)6/h9-10,14-18,21H,8,11-13H2,1-7H3. The molecule has 1 fully saturated rings. The number of hydrogen-bond donors (Lipinski definition) is 0. The van der Waals surface area contributed by atoms with Gasteiger partial charge in [-0.2, -0.15) is 5.10 Å². The van der Waals surface area contributed by atoms with Gasteiger partial charge in [-0.3, -0.25) is 9.48 Å². The maximum absolute atomic E-state index is 14.8. The van der Waals surface area contributed by atoms with Gasteiger partial charge >= 0.3 is 6.09 Å². The molecule has 0 N–H and O–H groups in total. The molecule has 1 aliphatic rings. The second-order valence-electron chi connectivity index (χ2n) is 11.2. The van der Waals surface area contributed by atoms with E-state index in [9.17, 15) is 14.0 Å². The number of rotatable bonds is 7. The summed E-state index contributed by atoms with van der Waals surface area (Å²) in [5, 5.41) is 4.73. The number of benzene rings is 1. The van der Waals surface area contributed by atoms with Gasteiger partial charge in [-0.05, 0) is 70.6 Å². The molecule has 3 heterocycles. The molecule has 8 nitrogen and oxygen atoms in total. The topological polar surface area (TPSA) is 86.6 Å². The molecule has 1 aliphatic heterocycles. The van der Waals surface area contributed by atoms with E-state index in [2.05, 4.69) is 18.9 Å². The van der Waals surface area contributed by atoms with Crippen molar-refractivity contribution in [3.8, 4) is 17.1 Å². The summed E-state index contributed by atoms with van der Waals surface area (Å²) in [7, 11) is 1.56. The Kier molecular flexibility index (Phi) is 7.76. The van der Waals surface area contributed by atoms with Crippen molar-refractivity contribution in [2.45, 2.75) is 72.4 Å². The highest BCUT2D eigenvalue weighted by atomic mass is 19.1. The Bertz CT molecular complexity index is 1340. The van der Waals surface area contributed by atoms with Crippen LogP contribution in [-0.2, 0) is 16.1 Å². The number of aryl methyl sites for hydroxylation is 1. The van der Waals surface area contributed by atoms with Crippen molar-refractivity contribution in [1.29, 1.82) is 0 Å². The average molecular weight is 525 g/mol. The quantitative estimate of drug-likeness (QED) is 0.367. The Morgan fingerprint density at radius 2 is 1.97 bits per heavy atom. The smallest absolute Gasteiger partial charge is 0.417 e. The number of aromatic nitrogens is 3. The van der Waals surface area contributed by atoms with E-state index in [1.807, 2.05) is 25.1 Å². The zero-order valence-electron chi connectivity index (χ0n) is 23.2. The molecule has 0 radical (unpaired) electrons.